The van der Waals surface area contributed by atoms with Crippen molar-refractivity contribution in [1.29, 1.82) is 0 Å². The van der Waals surface area contributed by atoms with Gasteiger partial charge in [0.05, 0.1) is 6.42 Å². The van der Waals surface area contributed by atoms with Gasteiger partial charge in [0, 0.05) is 20.5 Å². The Kier molecular flexibility index (Phi) is 4.94. The van der Waals surface area contributed by atoms with E-state index in [4.69, 9.17) is 5.11 Å². The number of urea groups is 1. The summed E-state index contributed by atoms with van der Waals surface area (Å²) < 4.78 is 0. The maximum absolute atomic E-state index is 11.4. The fraction of sp³-hybridized carbons (Fsp3) is 0.700. The Morgan fingerprint density at radius 1 is 1.19 bits per heavy atom. The zero-order valence-corrected chi connectivity index (χ0v) is 10.0. The van der Waals surface area contributed by atoms with E-state index in [1.165, 1.54) is 19.0 Å². The monoisotopic (exact) mass is 230 g/mol. The minimum absolute atomic E-state index is 0.00111. The molecule has 0 fully saturated rings. The van der Waals surface area contributed by atoms with Crippen molar-refractivity contribution in [3.05, 3.63) is 0 Å². The van der Waals surface area contributed by atoms with Crippen molar-refractivity contribution in [1.82, 2.24) is 10.2 Å². The van der Waals surface area contributed by atoms with Crippen LogP contribution in [0.25, 0.3) is 0 Å². The smallest absolute Gasteiger partial charge is 0.323 e. The summed E-state index contributed by atoms with van der Waals surface area (Å²) >= 11 is 0. The molecule has 0 rings (SSSR count). The predicted molar refractivity (Wildman–Crippen MR) is 57.9 cm³/mol. The van der Waals surface area contributed by atoms with Crippen LogP contribution in [0.2, 0.25) is 0 Å². The molecular weight excluding hydrogens is 212 g/mol. The van der Waals surface area contributed by atoms with Crippen LogP contribution in [0.3, 0.4) is 0 Å². The third-order valence-electron chi connectivity index (χ3n) is 1.92. The number of nitrogens with one attached hydrogen (secondary N) is 1. The summed E-state index contributed by atoms with van der Waals surface area (Å²) in [6, 6.07) is -0.504. The molecule has 0 aliphatic carbocycles. The Labute approximate surface area is 94.6 Å². The van der Waals surface area contributed by atoms with E-state index in [9.17, 15) is 14.4 Å². The Bertz CT molecular complexity index is 297. The minimum Gasteiger partial charge on any atom is -0.481 e. The molecule has 0 saturated carbocycles. The van der Waals surface area contributed by atoms with E-state index in [1.54, 1.807) is 13.8 Å². The highest BCUT2D eigenvalue weighted by molar-refractivity contribution is 5.94. The lowest BCUT2D eigenvalue weighted by molar-refractivity contribution is -0.139. The van der Waals surface area contributed by atoms with E-state index in [0.717, 1.165) is 0 Å². The highest BCUT2D eigenvalue weighted by Gasteiger charge is 2.26. The van der Waals surface area contributed by atoms with Gasteiger partial charge >= 0.3 is 12.0 Å². The number of rotatable bonds is 4. The number of carboxylic acid groups (broad SMARTS) is 1. The summed E-state index contributed by atoms with van der Waals surface area (Å²) in [5.41, 5.74) is -0.664. The van der Waals surface area contributed by atoms with Crippen LogP contribution in [0, 0.1) is 5.41 Å². The second-order valence-corrected chi connectivity index (χ2v) is 4.66. The van der Waals surface area contributed by atoms with Crippen LogP contribution in [0.15, 0.2) is 0 Å². The van der Waals surface area contributed by atoms with E-state index in [0.29, 0.717) is 0 Å². The largest absolute Gasteiger partial charge is 0.481 e. The van der Waals surface area contributed by atoms with E-state index in [1.807, 2.05) is 0 Å². The number of hydrogen-bond donors (Lipinski definition) is 2. The normalized spacial score (nSPS) is 10.8. The third kappa shape index (κ3) is 6.00. The molecule has 3 amide bonds. The molecule has 0 saturated heterocycles. The average molecular weight is 230 g/mol. The molecule has 0 spiro atoms. The highest BCUT2D eigenvalue weighted by Crippen LogP contribution is 2.24. The standard InChI is InChI=1S/C10H18N2O4/c1-10(2,6-8(14)15)5-7(13)11-9(16)12(3)4/h5-6H2,1-4H3,(H,14,15)(H,11,13,16). The Balaban J connectivity index is 4.23. The molecule has 0 aliphatic rings. The molecule has 6 heteroatoms. The van der Waals surface area contributed by atoms with Crippen molar-refractivity contribution in [2.75, 3.05) is 14.1 Å². The Morgan fingerprint density at radius 3 is 2.06 bits per heavy atom. The third-order valence-corrected chi connectivity index (χ3v) is 1.92. The van der Waals surface area contributed by atoms with Crippen molar-refractivity contribution < 1.29 is 19.5 Å². The number of imide groups is 1. The van der Waals surface area contributed by atoms with Crippen LogP contribution in [0.5, 0.6) is 0 Å². The van der Waals surface area contributed by atoms with Gasteiger partial charge in [-0.25, -0.2) is 4.79 Å². The maximum Gasteiger partial charge on any atom is 0.323 e. The second-order valence-electron chi connectivity index (χ2n) is 4.66. The molecule has 0 aliphatic heterocycles. The zero-order valence-electron chi connectivity index (χ0n) is 10.0. The molecule has 16 heavy (non-hydrogen) atoms. The Morgan fingerprint density at radius 2 is 1.69 bits per heavy atom. The molecule has 6 nitrogen and oxygen atoms in total. The van der Waals surface area contributed by atoms with Gasteiger partial charge in [-0.05, 0) is 5.41 Å². The van der Waals surface area contributed by atoms with Gasteiger partial charge in [0.25, 0.3) is 0 Å². The van der Waals surface area contributed by atoms with Crippen LogP contribution in [0.1, 0.15) is 26.7 Å². The van der Waals surface area contributed by atoms with Crippen LogP contribution < -0.4 is 5.32 Å². The van der Waals surface area contributed by atoms with Gasteiger partial charge in [0.2, 0.25) is 5.91 Å². The van der Waals surface area contributed by atoms with Crippen molar-refractivity contribution >= 4 is 17.9 Å². The first-order chi connectivity index (χ1) is 7.14. The minimum atomic E-state index is -0.961. The summed E-state index contributed by atoms with van der Waals surface area (Å²) in [4.78, 5) is 34.3. The lowest BCUT2D eigenvalue weighted by atomic mass is 9.85. The number of amides is 3. The van der Waals surface area contributed by atoms with Crippen LogP contribution in [-0.2, 0) is 9.59 Å². The zero-order chi connectivity index (χ0) is 12.9. The summed E-state index contributed by atoms with van der Waals surface area (Å²) in [5.74, 6) is -1.43. The topological polar surface area (TPSA) is 86.7 Å². The number of carbonyl (C=O) groups is 3. The van der Waals surface area contributed by atoms with E-state index in [-0.39, 0.29) is 12.8 Å². The van der Waals surface area contributed by atoms with Gasteiger partial charge in [0.15, 0.2) is 0 Å². The van der Waals surface area contributed by atoms with Crippen molar-refractivity contribution in [3.8, 4) is 0 Å². The molecule has 0 unspecified atom stereocenters. The number of nitrogens with zero attached hydrogens (tertiary/aromatic N) is 1. The van der Waals surface area contributed by atoms with Crippen molar-refractivity contribution in [2.45, 2.75) is 26.7 Å². The second kappa shape index (κ2) is 5.48. The van der Waals surface area contributed by atoms with Crippen LogP contribution >= 0.6 is 0 Å². The van der Waals surface area contributed by atoms with E-state index >= 15 is 0 Å². The number of carboxylic acids is 1. The SMILES string of the molecule is CN(C)C(=O)NC(=O)CC(C)(C)CC(=O)O. The first-order valence-electron chi connectivity index (χ1n) is 4.87. The highest BCUT2D eigenvalue weighted by atomic mass is 16.4. The lowest BCUT2D eigenvalue weighted by Crippen LogP contribution is -2.40. The van der Waals surface area contributed by atoms with Gasteiger partial charge < -0.3 is 10.0 Å². The first-order valence-corrected chi connectivity index (χ1v) is 4.87. The summed E-state index contributed by atoms with van der Waals surface area (Å²) in [5, 5.41) is 10.8. The van der Waals surface area contributed by atoms with Crippen LogP contribution in [-0.4, -0.2) is 42.0 Å². The molecule has 0 radical (unpaired) electrons. The molecular formula is C10H18N2O4. The van der Waals surface area contributed by atoms with Gasteiger partial charge in [0.1, 0.15) is 0 Å². The van der Waals surface area contributed by atoms with E-state index < -0.39 is 23.3 Å². The molecule has 0 heterocycles. The van der Waals surface area contributed by atoms with E-state index in [2.05, 4.69) is 5.32 Å². The summed E-state index contributed by atoms with van der Waals surface area (Å²) in [7, 11) is 3.04. The molecule has 0 aromatic rings. The van der Waals surface area contributed by atoms with Gasteiger partial charge in [-0.3, -0.25) is 14.9 Å². The Hall–Kier alpha value is -1.59. The molecule has 0 aromatic heterocycles. The average Bonchev–Trinajstić information content (AvgIpc) is 1.98. The van der Waals surface area contributed by atoms with Crippen molar-refractivity contribution in [3.63, 3.8) is 0 Å². The maximum atomic E-state index is 11.4. The lowest BCUT2D eigenvalue weighted by Gasteiger charge is -2.21. The molecule has 0 atom stereocenters. The molecule has 0 aromatic carbocycles. The summed E-state index contributed by atoms with van der Waals surface area (Å²) in [6.07, 6.45) is -0.116. The molecule has 2 N–H and O–H groups in total. The van der Waals surface area contributed by atoms with Gasteiger partial charge in [-0.15, -0.1) is 0 Å². The van der Waals surface area contributed by atoms with Gasteiger partial charge in [-0.2, -0.15) is 0 Å². The quantitative estimate of drug-likeness (QED) is 0.743. The number of aliphatic carboxylic acids is 1. The predicted octanol–water partition coefficient (Wildman–Crippen LogP) is 0.675. The molecule has 0 bridgehead atoms. The fourth-order valence-electron chi connectivity index (χ4n) is 1.18. The fourth-order valence-corrected chi connectivity index (χ4v) is 1.18. The van der Waals surface area contributed by atoms with Crippen molar-refractivity contribution in [2.24, 2.45) is 5.41 Å². The summed E-state index contributed by atoms with van der Waals surface area (Å²) in [6.45, 7) is 3.33. The number of hydrogen-bond acceptors (Lipinski definition) is 3. The first kappa shape index (κ1) is 14.4. The van der Waals surface area contributed by atoms with Gasteiger partial charge in [-0.1, -0.05) is 13.8 Å². The number of carbonyl (C=O) groups excluding carboxylic acids is 2. The van der Waals surface area contributed by atoms with Crippen LogP contribution in [0.4, 0.5) is 4.79 Å². The molecule has 92 valence electrons.